The molecule has 0 amide bonds. The number of ether oxygens (including phenoxy) is 1. The minimum absolute atomic E-state index is 0.453. The third-order valence-electron chi connectivity index (χ3n) is 1.22. The number of alkyl halides is 1. The highest BCUT2D eigenvalue weighted by Gasteiger charge is 2.20. The molecule has 1 fully saturated rings. The Kier molecular flexibility index (Phi) is 2.11. The molecule has 8 heavy (non-hydrogen) atoms. The maximum Gasteiger partial charge on any atom is 0.156 e. The molecule has 1 aliphatic rings. The fourth-order valence-corrected chi connectivity index (χ4v) is 0.946. The van der Waals surface area contributed by atoms with Gasteiger partial charge in [-0.25, -0.2) is 0 Å². The van der Waals surface area contributed by atoms with Crippen LogP contribution < -0.4 is 0 Å². The van der Waals surface area contributed by atoms with Crippen molar-refractivity contribution in [2.45, 2.75) is 24.5 Å². The van der Waals surface area contributed by atoms with Gasteiger partial charge in [-0.3, -0.25) is 0 Å². The molecule has 2 atom stereocenters. The summed E-state index contributed by atoms with van der Waals surface area (Å²) in [5.74, 6) is 0. The molecule has 0 bridgehead atoms. The summed E-state index contributed by atoms with van der Waals surface area (Å²) in [5, 5.41) is 8.92. The lowest BCUT2D eigenvalue weighted by molar-refractivity contribution is -0.0304. The summed E-state index contributed by atoms with van der Waals surface area (Å²) in [6.07, 6.45) is 1.24. The fourth-order valence-electron chi connectivity index (χ4n) is 0.730. The Morgan fingerprint density at radius 1 is 1.62 bits per heavy atom. The van der Waals surface area contributed by atoms with Crippen LogP contribution in [0.3, 0.4) is 0 Å². The van der Waals surface area contributed by atoms with Crippen LogP contribution in [0.4, 0.5) is 0 Å². The van der Waals surface area contributed by atoms with Gasteiger partial charge in [0.2, 0.25) is 0 Å². The second kappa shape index (κ2) is 2.67. The Hall–Kier alpha value is 0.210. The van der Waals surface area contributed by atoms with Gasteiger partial charge in [0.1, 0.15) is 0 Å². The smallest absolute Gasteiger partial charge is 0.156 e. The average Bonchev–Trinajstić information content (AvgIpc) is 1.77. The van der Waals surface area contributed by atoms with Gasteiger partial charge >= 0.3 is 0 Å². The minimum atomic E-state index is -0.469. The van der Waals surface area contributed by atoms with E-state index in [0.717, 1.165) is 12.8 Å². The molecule has 0 radical (unpaired) electrons. The molecule has 0 aromatic rings. The quantitative estimate of drug-likeness (QED) is 0.498. The van der Waals surface area contributed by atoms with E-state index in [1.807, 2.05) is 0 Å². The van der Waals surface area contributed by atoms with Crippen molar-refractivity contribution < 1.29 is 9.84 Å². The minimum Gasteiger partial charge on any atom is -0.389 e. The third kappa shape index (κ3) is 1.34. The van der Waals surface area contributed by atoms with Crippen LogP contribution in [0.5, 0.6) is 0 Å². The van der Waals surface area contributed by atoms with E-state index >= 15 is 0 Å². The molecule has 0 spiro atoms. The van der Waals surface area contributed by atoms with Crippen molar-refractivity contribution in [3.8, 4) is 0 Å². The first-order valence-electron chi connectivity index (χ1n) is 2.74. The van der Waals surface area contributed by atoms with Crippen LogP contribution >= 0.6 is 11.6 Å². The number of aliphatic hydroxyl groups is 1. The molecule has 0 aromatic heterocycles. The predicted molar refractivity (Wildman–Crippen MR) is 30.8 cm³/mol. The van der Waals surface area contributed by atoms with E-state index in [1.54, 1.807) is 0 Å². The SMILES string of the molecule is O[C@@H]1CCCO[C@@H]1Cl. The first-order valence-corrected chi connectivity index (χ1v) is 3.18. The molecular formula is C5H9ClO2. The van der Waals surface area contributed by atoms with E-state index in [9.17, 15) is 0 Å². The van der Waals surface area contributed by atoms with Gasteiger partial charge in [0.15, 0.2) is 5.56 Å². The zero-order valence-corrected chi connectivity index (χ0v) is 5.27. The predicted octanol–water partition coefficient (Wildman–Crippen LogP) is 0.723. The Morgan fingerprint density at radius 2 is 2.38 bits per heavy atom. The van der Waals surface area contributed by atoms with Gasteiger partial charge in [0, 0.05) is 6.61 Å². The summed E-state index contributed by atoms with van der Waals surface area (Å²) in [7, 11) is 0. The van der Waals surface area contributed by atoms with E-state index < -0.39 is 11.7 Å². The topological polar surface area (TPSA) is 29.5 Å². The van der Waals surface area contributed by atoms with Gasteiger partial charge in [0.05, 0.1) is 6.10 Å². The molecule has 0 aliphatic carbocycles. The maximum absolute atomic E-state index is 8.92. The molecule has 1 rings (SSSR count). The number of aliphatic hydroxyl groups excluding tert-OH is 1. The Morgan fingerprint density at radius 3 is 2.75 bits per heavy atom. The van der Waals surface area contributed by atoms with E-state index in [1.165, 1.54) is 0 Å². The van der Waals surface area contributed by atoms with Crippen molar-refractivity contribution in [1.29, 1.82) is 0 Å². The summed E-state index contributed by atoms with van der Waals surface area (Å²) < 4.78 is 4.91. The second-order valence-electron chi connectivity index (χ2n) is 1.93. The van der Waals surface area contributed by atoms with Crippen LogP contribution in [0.2, 0.25) is 0 Å². The van der Waals surface area contributed by atoms with Crippen molar-refractivity contribution in [1.82, 2.24) is 0 Å². The van der Waals surface area contributed by atoms with Crippen LogP contribution in [0.1, 0.15) is 12.8 Å². The normalized spacial score (nSPS) is 39.8. The number of hydrogen-bond acceptors (Lipinski definition) is 2. The molecule has 48 valence electrons. The molecule has 0 aromatic carbocycles. The van der Waals surface area contributed by atoms with Crippen molar-refractivity contribution >= 4 is 11.6 Å². The molecule has 2 nitrogen and oxygen atoms in total. The van der Waals surface area contributed by atoms with Crippen LogP contribution in [-0.2, 0) is 4.74 Å². The first kappa shape index (κ1) is 6.33. The van der Waals surface area contributed by atoms with E-state index in [4.69, 9.17) is 21.4 Å². The van der Waals surface area contributed by atoms with Gasteiger partial charge in [-0.15, -0.1) is 0 Å². The van der Waals surface area contributed by atoms with E-state index in [0.29, 0.717) is 6.61 Å². The maximum atomic E-state index is 8.92. The van der Waals surface area contributed by atoms with Crippen LogP contribution in [-0.4, -0.2) is 23.4 Å². The number of rotatable bonds is 0. The van der Waals surface area contributed by atoms with Crippen LogP contribution in [0.15, 0.2) is 0 Å². The number of hydrogen-bond donors (Lipinski definition) is 1. The van der Waals surface area contributed by atoms with E-state index in [2.05, 4.69) is 0 Å². The van der Waals surface area contributed by atoms with Gasteiger partial charge in [-0.2, -0.15) is 0 Å². The number of halogens is 1. The van der Waals surface area contributed by atoms with Crippen molar-refractivity contribution in [2.75, 3.05) is 6.61 Å². The first-order chi connectivity index (χ1) is 3.80. The molecule has 1 N–H and O–H groups in total. The monoisotopic (exact) mass is 136 g/mol. The highest BCUT2D eigenvalue weighted by atomic mass is 35.5. The zero-order chi connectivity index (χ0) is 5.98. The van der Waals surface area contributed by atoms with Gasteiger partial charge in [-0.05, 0) is 12.8 Å². The lowest BCUT2D eigenvalue weighted by atomic mass is 10.2. The highest BCUT2D eigenvalue weighted by molar-refractivity contribution is 6.20. The third-order valence-corrected chi connectivity index (χ3v) is 1.64. The van der Waals surface area contributed by atoms with Gasteiger partial charge < -0.3 is 9.84 Å². The lowest BCUT2D eigenvalue weighted by Gasteiger charge is -2.22. The van der Waals surface area contributed by atoms with Crippen LogP contribution in [0.25, 0.3) is 0 Å². The Balaban J connectivity index is 2.28. The summed E-state index contributed by atoms with van der Waals surface area (Å²) in [6, 6.07) is 0. The molecular weight excluding hydrogens is 128 g/mol. The fraction of sp³-hybridized carbons (Fsp3) is 1.00. The molecule has 1 aliphatic heterocycles. The molecule has 3 heteroatoms. The van der Waals surface area contributed by atoms with Crippen molar-refractivity contribution in [2.24, 2.45) is 0 Å². The van der Waals surface area contributed by atoms with Crippen molar-refractivity contribution in [3.05, 3.63) is 0 Å². The molecule has 1 saturated heterocycles. The standard InChI is InChI=1S/C5H9ClO2/c6-5-4(7)2-1-3-8-5/h4-5,7H,1-3H2/t4-,5+/m1/s1. The van der Waals surface area contributed by atoms with Gasteiger partial charge in [-0.1, -0.05) is 11.6 Å². The largest absolute Gasteiger partial charge is 0.389 e. The summed E-state index contributed by atoms with van der Waals surface area (Å²) in [5.41, 5.74) is -0.469. The summed E-state index contributed by atoms with van der Waals surface area (Å²) in [6.45, 7) is 0.686. The van der Waals surface area contributed by atoms with Crippen molar-refractivity contribution in [3.63, 3.8) is 0 Å². The molecule has 0 unspecified atom stereocenters. The zero-order valence-electron chi connectivity index (χ0n) is 4.51. The highest BCUT2D eigenvalue weighted by Crippen LogP contribution is 2.15. The summed E-state index contributed by atoms with van der Waals surface area (Å²) >= 11 is 5.49. The molecule has 1 heterocycles. The Bertz CT molecular complexity index is 66.8. The van der Waals surface area contributed by atoms with Gasteiger partial charge in [0.25, 0.3) is 0 Å². The Labute approximate surface area is 53.4 Å². The summed E-state index contributed by atoms with van der Waals surface area (Å²) in [4.78, 5) is 0. The lowest BCUT2D eigenvalue weighted by Crippen LogP contribution is -2.28. The van der Waals surface area contributed by atoms with Crippen LogP contribution in [0, 0.1) is 0 Å². The average molecular weight is 137 g/mol. The molecule has 0 saturated carbocycles. The second-order valence-corrected chi connectivity index (χ2v) is 2.36. The van der Waals surface area contributed by atoms with E-state index in [-0.39, 0.29) is 0 Å².